The Morgan fingerprint density at radius 1 is 0.778 bits per heavy atom. The monoisotopic (exact) mass is 501 g/mol. The van der Waals surface area contributed by atoms with Crippen LogP contribution < -0.4 is 5.32 Å². The Morgan fingerprint density at radius 2 is 1.33 bits per heavy atom. The van der Waals surface area contributed by atoms with E-state index in [0.717, 1.165) is 4.88 Å². The molecule has 180 valence electrons. The lowest BCUT2D eigenvalue weighted by molar-refractivity contribution is 0.0603. The molecule has 1 N–H and O–H groups in total. The molecule has 8 heteroatoms. The zero-order chi connectivity index (χ0) is 25.8. The molecule has 1 aromatic heterocycles. The zero-order valence-electron chi connectivity index (χ0n) is 19.3. The number of hydrogen-bond acceptors (Lipinski definition) is 6. The van der Waals surface area contributed by atoms with Gasteiger partial charge in [0.05, 0.1) is 7.11 Å². The second-order valence-corrected chi connectivity index (χ2v) is 9.02. The first-order chi connectivity index (χ1) is 17.3. The molecule has 3 aromatic carbocycles. The molecule has 0 spiro atoms. The predicted octanol–water partition coefficient (Wildman–Crippen LogP) is 5.97. The lowest BCUT2D eigenvalue weighted by Gasteiger charge is -2.09. The molecule has 0 unspecified atom stereocenters. The van der Waals surface area contributed by atoms with Crippen molar-refractivity contribution >= 4 is 39.8 Å². The predicted molar refractivity (Wildman–Crippen MR) is 135 cm³/mol. The molecule has 0 fully saturated rings. The third kappa shape index (κ3) is 4.99. The summed E-state index contributed by atoms with van der Waals surface area (Å²) in [6.07, 6.45) is 0. The van der Waals surface area contributed by atoms with Crippen LogP contribution in [0.5, 0.6) is 0 Å². The van der Waals surface area contributed by atoms with E-state index >= 15 is 0 Å². The second-order valence-electron chi connectivity index (χ2n) is 7.79. The smallest absolute Gasteiger partial charge is 0.341 e. The molecule has 4 rings (SSSR count). The topological polar surface area (TPSA) is 89.5 Å². The second kappa shape index (κ2) is 10.5. The first-order valence-corrected chi connectivity index (χ1v) is 11.6. The minimum atomic E-state index is -0.682. The van der Waals surface area contributed by atoms with E-state index in [4.69, 9.17) is 4.74 Å². The zero-order valence-corrected chi connectivity index (χ0v) is 20.1. The number of carbonyl (C=O) groups is 4. The SMILES string of the molecule is COC(=O)c1c(NC(=O)c2ccc(C(=O)C(=O)c3ccccc3)cc2)sc(C)c1-c1ccc(F)cc1. The summed E-state index contributed by atoms with van der Waals surface area (Å²) < 4.78 is 18.4. The molecule has 0 aliphatic heterocycles. The lowest BCUT2D eigenvalue weighted by Crippen LogP contribution is -2.16. The van der Waals surface area contributed by atoms with Crippen LogP contribution >= 0.6 is 11.3 Å². The van der Waals surface area contributed by atoms with E-state index in [1.165, 1.54) is 54.8 Å². The summed E-state index contributed by atoms with van der Waals surface area (Å²) >= 11 is 1.19. The molecule has 0 aliphatic carbocycles. The standard InChI is InChI=1S/C28H20FNO5S/c1-16-22(17-12-14-21(29)15-13-17)23(28(34)35-2)27(36-16)30-26(33)20-10-8-19(9-11-20)25(32)24(31)18-6-4-3-5-7-18/h3-15H,1-2H3,(H,30,33). The van der Waals surface area contributed by atoms with Crippen LogP contribution in [0.2, 0.25) is 0 Å². The molecule has 36 heavy (non-hydrogen) atoms. The van der Waals surface area contributed by atoms with Crippen molar-refractivity contribution in [2.45, 2.75) is 6.92 Å². The van der Waals surface area contributed by atoms with Gasteiger partial charge in [0, 0.05) is 27.1 Å². The van der Waals surface area contributed by atoms with Gasteiger partial charge in [0.15, 0.2) is 0 Å². The van der Waals surface area contributed by atoms with E-state index in [9.17, 15) is 23.6 Å². The van der Waals surface area contributed by atoms with Crippen molar-refractivity contribution in [3.05, 3.63) is 112 Å². The number of amides is 1. The van der Waals surface area contributed by atoms with Crippen molar-refractivity contribution in [1.29, 1.82) is 0 Å². The van der Waals surface area contributed by atoms with Gasteiger partial charge in [-0.3, -0.25) is 14.4 Å². The van der Waals surface area contributed by atoms with Crippen molar-refractivity contribution < 1.29 is 28.3 Å². The first kappa shape index (κ1) is 24.7. The quantitative estimate of drug-likeness (QED) is 0.192. The third-order valence-corrected chi connectivity index (χ3v) is 6.51. The molecule has 6 nitrogen and oxygen atoms in total. The number of thiophene rings is 1. The molecular weight excluding hydrogens is 481 g/mol. The minimum Gasteiger partial charge on any atom is -0.465 e. The van der Waals surface area contributed by atoms with Crippen LogP contribution in [0.25, 0.3) is 11.1 Å². The number of esters is 1. The highest BCUT2D eigenvalue weighted by Gasteiger charge is 2.26. The number of rotatable bonds is 7. The van der Waals surface area contributed by atoms with Gasteiger partial charge in [0.25, 0.3) is 5.91 Å². The number of benzene rings is 3. The summed E-state index contributed by atoms with van der Waals surface area (Å²) in [4.78, 5) is 51.3. The number of hydrogen-bond donors (Lipinski definition) is 1. The van der Waals surface area contributed by atoms with Gasteiger partial charge in [-0.25, -0.2) is 9.18 Å². The summed E-state index contributed by atoms with van der Waals surface area (Å²) in [5, 5.41) is 3.02. The average Bonchev–Trinajstić information content (AvgIpc) is 3.23. The molecule has 0 saturated carbocycles. The van der Waals surface area contributed by atoms with Crippen LogP contribution in [0.3, 0.4) is 0 Å². The Morgan fingerprint density at radius 3 is 1.92 bits per heavy atom. The van der Waals surface area contributed by atoms with Gasteiger partial charge in [0.1, 0.15) is 16.4 Å². The van der Waals surface area contributed by atoms with Crippen LogP contribution in [-0.4, -0.2) is 30.6 Å². The van der Waals surface area contributed by atoms with Gasteiger partial charge < -0.3 is 10.1 Å². The normalized spacial score (nSPS) is 10.5. The maximum absolute atomic E-state index is 13.4. The Balaban J connectivity index is 1.59. The van der Waals surface area contributed by atoms with Crippen molar-refractivity contribution in [1.82, 2.24) is 0 Å². The molecule has 4 aromatic rings. The largest absolute Gasteiger partial charge is 0.465 e. The maximum Gasteiger partial charge on any atom is 0.341 e. The summed E-state index contributed by atoms with van der Waals surface area (Å²) in [6, 6.07) is 19.6. The van der Waals surface area contributed by atoms with Crippen molar-refractivity contribution in [3.8, 4) is 11.1 Å². The molecular formula is C28H20FNO5S. The maximum atomic E-state index is 13.4. The fourth-order valence-electron chi connectivity index (χ4n) is 3.69. The third-order valence-electron chi connectivity index (χ3n) is 5.49. The van der Waals surface area contributed by atoms with Crippen LogP contribution in [0.1, 0.15) is 46.3 Å². The van der Waals surface area contributed by atoms with E-state index in [-0.39, 0.29) is 27.3 Å². The van der Waals surface area contributed by atoms with Crippen molar-refractivity contribution in [2.75, 3.05) is 12.4 Å². The molecule has 0 bridgehead atoms. The first-order valence-electron chi connectivity index (χ1n) is 10.8. The number of nitrogens with one attached hydrogen (secondary N) is 1. The van der Waals surface area contributed by atoms with Crippen LogP contribution in [0.15, 0.2) is 78.9 Å². The molecule has 0 atom stereocenters. The van der Waals surface area contributed by atoms with E-state index in [0.29, 0.717) is 11.1 Å². The van der Waals surface area contributed by atoms with Crippen LogP contribution in [0.4, 0.5) is 9.39 Å². The molecule has 1 heterocycles. The summed E-state index contributed by atoms with van der Waals surface area (Å²) in [5.74, 6) is -2.89. The Labute approximate surface area is 210 Å². The number of ketones is 2. The number of carbonyl (C=O) groups excluding carboxylic acids is 4. The Bertz CT molecular complexity index is 1460. The van der Waals surface area contributed by atoms with Gasteiger partial charge in [-0.1, -0.05) is 54.6 Å². The van der Waals surface area contributed by atoms with E-state index in [2.05, 4.69) is 5.32 Å². The highest BCUT2D eigenvalue weighted by molar-refractivity contribution is 7.17. The highest BCUT2D eigenvalue weighted by atomic mass is 32.1. The number of aryl methyl sites for hydroxylation is 1. The van der Waals surface area contributed by atoms with Gasteiger partial charge >= 0.3 is 5.97 Å². The molecule has 1 amide bonds. The summed E-state index contributed by atoms with van der Waals surface area (Å²) in [7, 11) is 1.24. The van der Waals surface area contributed by atoms with Gasteiger partial charge in [0.2, 0.25) is 11.6 Å². The Kier molecular flexibility index (Phi) is 7.17. The van der Waals surface area contributed by atoms with E-state index < -0.39 is 29.3 Å². The average molecular weight is 502 g/mol. The molecule has 0 saturated heterocycles. The highest BCUT2D eigenvalue weighted by Crippen LogP contribution is 2.40. The van der Waals surface area contributed by atoms with E-state index in [1.54, 1.807) is 49.4 Å². The van der Waals surface area contributed by atoms with Gasteiger partial charge in [-0.05, 0) is 36.8 Å². The lowest BCUT2D eigenvalue weighted by atomic mass is 10.0. The van der Waals surface area contributed by atoms with Gasteiger partial charge in [-0.15, -0.1) is 11.3 Å². The van der Waals surface area contributed by atoms with Crippen molar-refractivity contribution in [2.24, 2.45) is 0 Å². The number of anilines is 1. The number of methoxy groups -OCH3 is 1. The van der Waals surface area contributed by atoms with Gasteiger partial charge in [-0.2, -0.15) is 0 Å². The molecule has 0 radical (unpaired) electrons. The number of ether oxygens (including phenoxy) is 1. The summed E-state index contributed by atoms with van der Waals surface area (Å²) in [6.45, 7) is 1.79. The number of halogens is 1. The fourth-order valence-corrected chi connectivity index (χ4v) is 4.75. The summed E-state index contributed by atoms with van der Waals surface area (Å²) in [5.41, 5.74) is 1.98. The molecule has 0 aliphatic rings. The Hall–Kier alpha value is -4.43. The van der Waals surface area contributed by atoms with Crippen molar-refractivity contribution in [3.63, 3.8) is 0 Å². The van der Waals surface area contributed by atoms with E-state index in [1.807, 2.05) is 0 Å². The van der Waals surface area contributed by atoms with Crippen LogP contribution in [-0.2, 0) is 4.74 Å². The minimum absolute atomic E-state index is 0.154. The van der Waals surface area contributed by atoms with Crippen LogP contribution in [0, 0.1) is 12.7 Å². The fraction of sp³-hybridized carbons (Fsp3) is 0.0714. The number of Topliss-reactive ketones (excluding diaryl/α,β-unsaturated/α-hetero) is 2.